The zero-order chi connectivity index (χ0) is 21.0. The van der Waals surface area contributed by atoms with Crippen LogP contribution < -0.4 is 15.7 Å². The Morgan fingerprint density at radius 2 is 1.97 bits per heavy atom. The molecular formula is C21H22N4O4. The summed E-state index contributed by atoms with van der Waals surface area (Å²) in [5, 5.41) is 19.3. The van der Waals surface area contributed by atoms with Crippen LogP contribution in [0.15, 0.2) is 52.4 Å². The Bertz CT molecular complexity index is 1150. The summed E-state index contributed by atoms with van der Waals surface area (Å²) in [6.07, 6.45) is 0.709. The van der Waals surface area contributed by atoms with E-state index in [1.807, 2.05) is 6.92 Å². The number of methoxy groups -OCH3 is 1. The number of aromatic hydroxyl groups is 1. The third kappa shape index (κ3) is 4.11. The molecule has 1 heterocycles. The van der Waals surface area contributed by atoms with Gasteiger partial charge in [0.15, 0.2) is 5.69 Å². The Labute approximate surface area is 167 Å². The predicted molar refractivity (Wildman–Crippen MR) is 111 cm³/mol. The quantitative estimate of drug-likeness (QED) is 0.494. The summed E-state index contributed by atoms with van der Waals surface area (Å²) in [6.45, 7) is 4.00. The summed E-state index contributed by atoms with van der Waals surface area (Å²) < 4.78 is 6.36. The van der Waals surface area contributed by atoms with Crippen LogP contribution in [0.3, 0.4) is 0 Å². The minimum Gasteiger partial charge on any atom is -0.507 e. The van der Waals surface area contributed by atoms with E-state index in [1.54, 1.807) is 43.3 Å². The van der Waals surface area contributed by atoms with Crippen LogP contribution in [0.1, 0.15) is 36.3 Å². The smallest absolute Gasteiger partial charge is 0.292 e. The Hall–Kier alpha value is -3.68. The Morgan fingerprint density at radius 1 is 1.24 bits per heavy atom. The average Bonchev–Trinajstić information content (AvgIpc) is 2.73. The fraction of sp³-hybridized carbons (Fsp3) is 0.238. The molecule has 0 saturated carbocycles. The highest BCUT2D eigenvalue weighted by Gasteiger charge is 2.16. The van der Waals surface area contributed by atoms with Gasteiger partial charge in [0.2, 0.25) is 0 Å². The normalized spacial score (nSPS) is 11.5. The van der Waals surface area contributed by atoms with Crippen molar-refractivity contribution in [2.45, 2.75) is 26.8 Å². The maximum atomic E-state index is 12.8. The maximum absolute atomic E-state index is 12.8. The number of hydrogen-bond donors (Lipinski definition) is 2. The minimum atomic E-state index is -0.543. The second kappa shape index (κ2) is 8.55. The van der Waals surface area contributed by atoms with Crippen LogP contribution in [-0.4, -0.2) is 33.6 Å². The van der Waals surface area contributed by atoms with Gasteiger partial charge in [-0.05, 0) is 31.5 Å². The van der Waals surface area contributed by atoms with Gasteiger partial charge in [-0.2, -0.15) is 10.2 Å². The van der Waals surface area contributed by atoms with Crippen molar-refractivity contribution in [1.29, 1.82) is 0 Å². The van der Waals surface area contributed by atoms with Crippen LogP contribution in [0.2, 0.25) is 0 Å². The van der Waals surface area contributed by atoms with Crippen molar-refractivity contribution in [3.05, 3.63) is 64.1 Å². The fourth-order valence-electron chi connectivity index (χ4n) is 2.96. The highest BCUT2D eigenvalue weighted by molar-refractivity contribution is 6.06. The lowest BCUT2D eigenvalue weighted by atomic mass is 10.1. The Balaban J connectivity index is 1.95. The van der Waals surface area contributed by atoms with Crippen molar-refractivity contribution in [3.8, 4) is 11.5 Å². The molecule has 0 bridgehead atoms. The number of aromatic nitrogens is 2. The van der Waals surface area contributed by atoms with Gasteiger partial charge in [0.05, 0.1) is 18.2 Å². The van der Waals surface area contributed by atoms with Gasteiger partial charge in [0.25, 0.3) is 11.5 Å². The van der Waals surface area contributed by atoms with Gasteiger partial charge < -0.3 is 9.84 Å². The molecule has 2 aromatic carbocycles. The number of carbonyl (C=O) groups excluding carboxylic acids is 1. The molecule has 0 radical (unpaired) electrons. The second-order valence-electron chi connectivity index (χ2n) is 6.44. The monoisotopic (exact) mass is 394 g/mol. The average molecular weight is 394 g/mol. The molecule has 0 aliphatic heterocycles. The third-order valence-electron chi connectivity index (χ3n) is 4.44. The number of nitrogens with zero attached hydrogens (tertiary/aromatic N) is 3. The maximum Gasteiger partial charge on any atom is 0.292 e. The molecule has 0 saturated heterocycles. The first kappa shape index (κ1) is 20.1. The standard InChI is InChI=1S/C21H22N4O4/c1-4-11-25-21(28)17-8-6-5-7-16(17)19(24-25)20(27)23-22-13(2)15-10-9-14(29-3)12-18(15)26/h5-10,12,26H,4,11H2,1-3H3,(H,23,27)/b22-13+. The number of hydrogen-bond acceptors (Lipinski definition) is 6. The van der Waals surface area contributed by atoms with Crippen LogP contribution in [-0.2, 0) is 6.54 Å². The van der Waals surface area contributed by atoms with E-state index in [2.05, 4.69) is 15.6 Å². The van der Waals surface area contributed by atoms with Crippen LogP contribution >= 0.6 is 0 Å². The third-order valence-corrected chi connectivity index (χ3v) is 4.44. The van der Waals surface area contributed by atoms with Crippen molar-refractivity contribution >= 4 is 22.4 Å². The zero-order valence-corrected chi connectivity index (χ0v) is 16.5. The summed E-state index contributed by atoms with van der Waals surface area (Å²) in [5.74, 6) is -0.0461. The lowest BCUT2D eigenvalue weighted by Crippen LogP contribution is -2.29. The van der Waals surface area contributed by atoms with Crippen molar-refractivity contribution in [2.24, 2.45) is 5.10 Å². The van der Waals surface area contributed by atoms with Crippen LogP contribution in [0, 0.1) is 0 Å². The van der Waals surface area contributed by atoms with Crippen molar-refractivity contribution in [3.63, 3.8) is 0 Å². The lowest BCUT2D eigenvalue weighted by Gasteiger charge is -2.10. The highest BCUT2D eigenvalue weighted by atomic mass is 16.5. The summed E-state index contributed by atoms with van der Waals surface area (Å²) in [4.78, 5) is 25.3. The second-order valence-corrected chi connectivity index (χ2v) is 6.44. The molecule has 3 aromatic rings. The Kier molecular flexibility index (Phi) is 5.92. The number of fused-ring (bicyclic) bond motifs is 1. The molecular weight excluding hydrogens is 372 g/mol. The summed E-state index contributed by atoms with van der Waals surface area (Å²) in [5.41, 5.74) is 3.21. The van der Waals surface area contributed by atoms with Crippen LogP contribution in [0.25, 0.3) is 10.8 Å². The molecule has 0 aliphatic rings. The number of benzene rings is 2. The number of hydrazone groups is 1. The van der Waals surface area contributed by atoms with Gasteiger partial charge >= 0.3 is 0 Å². The molecule has 1 aromatic heterocycles. The summed E-state index contributed by atoms with van der Waals surface area (Å²) in [6, 6.07) is 11.6. The van der Waals surface area contributed by atoms with Gasteiger partial charge in [-0.25, -0.2) is 10.1 Å². The van der Waals surface area contributed by atoms with E-state index in [0.29, 0.717) is 40.8 Å². The highest BCUT2D eigenvalue weighted by Crippen LogP contribution is 2.23. The predicted octanol–water partition coefficient (Wildman–Crippen LogP) is 2.67. The molecule has 3 rings (SSSR count). The van der Waals surface area contributed by atoms with Crippen LogP contribution in [0.5, 0.6) is 11.5 Å². The molecule has 8 heteroatoms. The van der Waals surface area contributed by atoms with E-state index in [4.69, 9.17) is 4.74 Å². The molecule has 29 heavy (non-hydrogen) atoms. The van der Waals surface area contributed by atoms with E-state index in [9.17, 15) is 14.7 Å². The summed E-state index contributed by atoms with van der Waals surface area (Å²) in [7, 11) is 1.50. The summed E-state index contributed by atoms with van der Waals surface area (Å²) >= 11 is 0. The van der Waals surface area contributed by atoms with E-state index >= 15 is 0 Å². The van der Waals surface area contributed by atoms with Crippen molar-refractivity contribution in [2.75, 3.05) is 7.11 Å². The van der Waals surface area contributed by atoms with Crippen molar-refractivity contribution < 1.29 is 14.6 Å². The van der Waals surface area contributed by atoms with Gasteiger partial charge in [0.1, 0.15) is 11.5 Å². The number of amides is 1. The SMILES string of the molecule is CCCn1nc(C(=O)N/N=C(\C)c2ccc(OC)cc2O)c2ccccc2c1=O. The molecule has 1 amide bonds. The van der Waals surface area contributed by atoms with E-state index in [-0.39, 0.29) is 17.0 Å². The topological polar surface area (TPSA) is 106 Å². The van der Waals surface area contributed by atoms with E-state index in [0.717, 1.165) is 0 Å². The largest absolute Gasteiger partial charge is 0.507 e. The number of rotatable bonds is 6. The first-order chi connectivity index (χ1) is 14.0. The molecule has 0 unspecified atom stereocenters. The molecule has 0 spiro atoms. The number of ether oxygens (including phenoxy) is 1. The molecule has 0 aliphatic carbocycles. The number of carbonyl (C=O) groups is 1. The van der Waals surface area contributed by atoms with Gasteiger partial charge in [-0.15, -0.1) is 0 Å². The molecule has 8 nitrogen and oxygen atoms in total. The lowest BCUT2D eigenvalue weighted by molar-refractivity contribution is 0.0949. The number of nitrogens with one attached hydrogen (secondary N) is 1. The Morgan fingerprint density at radius 3 is 2.62 bits per heavy atom. The van der Waals surface area contributed by atoms with Crippen molar-refractivity contribution in [1.82, 2.24) is 15.2 Å². The number of phenolic OH excluding ortho intramolecular Hbond substituents is 1. The van der Waals surface area contributed by atoms with E-state index < -0.39 is 5.91 Å². The number of aryl methyl sites for hydroxylation is 1. The first-order valence-corrected chi connectivity index (χ1v) is 9.18. The van der Waals surface area contributed by atoms with E-state index in [1.165, 1.54) is 17.9 Å². The van der Waals surface area contributed by atoms with Gasteiger partial charge in [-0.1, -0.05) is 25.1 Å². The zero-order valence-electron chi connectivity index (χ0n) is 16.5. The number of phenols is 1. The van der Waals surface area contributed by atoms with Gasteiger partial charge in [0, 0.05) is 23.6 Å². The fourth-order valence-corrected chi connectivity index (χ4v) is 2.96. The molecule has 2 N–H and O–H groups in total. The molecule has 150 valence electrons. The minimum absolute atomic E-state index is 0.0140. The molecule has 0 fully saturated rings. The van der Waals surface area contributed by atoms with Gasteiger partial charge in [-0.3, -0.25) is 9.59 Å². The molecule has 0 atom stereocenters. The first-order valence-electron chi connectivity index (χ1n) is 9.18. The van der Waals surface area contributed by atoms with Crippen LogP contribution in [0.4, 0.5) is 0 Å².